The van der Waals surface area contributed by atoms with Crippen molar-refractivity contribution < 1.29 is 18.0 Å². The van der Waals surface area contributed by atoms with Gasteiger partial charge in [-0.3, -0.25) is 9.59 Å². The van der Waals surface area contributed by atoms with Gasteiger partial charge in [-0.15, -0.1) is 0 Å². The average Bonchev–Trinajstić information content (AvgIpc) is 2.91. The molecule has 6 nitrogen and oxygen atoms in total. The number of furan rings is 1. The van der Waals surface area contributed by atoms with E-state index in [1.54, 1.807) is 6.92 Å². The van der Waals surface area contributed by atoms with Gasteiger partial charge in [0, 0.05) is 12.1 Å². The third-order valence-corrected chi connectivity index (χ3v) is 3.96. The molecule has 1 amide bonds. The summed E-state index contributed by atoms with van der Waals surface area (Å²) >= 11 is 0. The average molecular weight is 347 g/mol. The monoisotopic (exact) mass is 347 g/mol. The Hall–Kier alpha value is -3.03. The second kappa shape index (κ2) is 6.46. The normalized spacial score (nSPS) is 11.0. The molecule has 0 radical (unpaired) electrons. The maximum Gasteiger partial charge on any atom is 0.262 e. The van der Waals surface area contributed by atoms with E-state index in [2.05, 4.69) is 9.97 Å². The molecule has 0 saturated carbocycles. The van der Waals surface area contributed by atoms with Crippen LogP contribution in [0, 0.1) is 18.6 Å². The largest absolute Gasteiger partial charge is 0.442 e. The molecule has 0 spiro atoms. The number of amides is 1. The summed E-state index contributed by atoms with van der Waals surface area (Å²) < 4.78 is 33.1. The zero-order valence-electron chi connectivity index (χ0n) is 13.6. The quantitative estimate of drug-likeness (QED) is 0.787. The molecule has 0 aliphatic rings. The Bertz CT molecular complexity index is 990. The van der Waals surface area contributed by atoms with E-state index in [0.29, 0.717) is 0 Å². The van der Waals surface area contributed by atoms with Gasteiger partial charge in [-0.25, -0.2) is 13.8 Å². The fraction of sp³-hybridized carbons (Fsp3) is 0.235. The number of rotatable bonds is 4. The number of hydrogen-bond donors (Lipinski definition) is 1. The highest BCUT2D eigenvalue weighted by atomic mass is 19.1. The Kier molecular flexibility index (Phi) is 4.35. The molecule has 2 aromatic heterocycles. The molecule has 1 N–H and O–H groups in total. The second-order valence-electron chi connectivity index (χ2n) is 5.46. The predicted molar refractivity (Wildman–Crippen MR) is 86.1 cm³/mol. The van der Waals surface area contributed by atoms with Crippen LogP contribution in [0.4, 0.5) is 8.78 Å². The summed E-state index contributed by atoms with van der Waals surface area (Å²) in [7, 11) is 0. The van der Waals surface area contributed by atoms with Gasteiger partial charge in [0.1, 0.15) is 22.8 Å². The summed E-state index contributed by atoms with van der Waals surface area (Å²) in [5.74, 6) is -1.81. The highest BCUT2D eigenvalue weighted by Crippen LogP contribution is 2.23. The van der Waals surface area contributed by atoms with Crippen LogP contribution >= 0.6 is 0 Å². The number of halogens is 2. The molecular weight excluding hydrogens is 332 g/mol. The molecule has 0 atom stereocenters. The molecule has 2 heterocycles. The summed E-state index contributed by atoms with van der Waals surface area (Å²) in [5, 5.41) is 0.0254. The molecule has 0 saturated heterocycles. The molecule has 3 rings (SSSR count). The van der Waals surface area contributed by atoms with Crippen molar-refractivity contribution in [3.05, 3.63) is 63.4 Å². The predicted octanol–water partition coefficient (Wildman–Crippen LogP) is 2.77. The third kappa shape index (κ3) is 2.90. The van der Waals surface area contributed by atoms with Gasteiger partial charge in [-0.2, -0.15) is 0 Å². The first-order chi connectivity index (χ1) is 11.9. The highest BCUT2D eigenvalue weighted by Gasteiger charge is 2.26. The van der Waals surface area contributed by atoms with E-state index in [-0.39, 0.29) is 41.1 Å². The number of benzene rings is 1. The van der Waals surface area contributed by atoms with Crippen molar-refractivity contribution in [2.75, 3.05) is 6.54 Å². The Balaban J connectivity index is 2.05. The van der Waals surface area contributed by atoms with Crippen LogP contribution in [0.3, 0.4) is 0 Å². The third-order valence-electron chi connectivity index (χ3n) is 3.96. The van der Waals surface area contributed by atoms with Crippen LogP contribution in [0.2, 0.25) is 0 Å². The van der Waals surface area contributed by atoms with E-state index in [0.717, 1.165) is 12.1 Å². The lowest BCUT2D eigenvalue weighted by Crippen LogP contribution is -2.32. The van der Waals surface area contributed by atoms with E-state index in [4.69, 9.17) is 4.42 Å². The molecule has 0 aliphatic carbocycles. The molecule has 0 bridgehead atoms. The smallest absolute Gasteiger partial charge is 0.262 e. The zero-order valence-corrected chi connectivity index (χ0v) is 13.6. The standard InChI is InChI=1S/C17H15F2N3O3/c1-3-22(7-10-11(18)5-4-6-12(10)19)17(24)13-9(2)25-16-14(13)15(23)20-8-21-16/h4-6,8H,3,7H2,1-2H3,(H,20,21,23). The first kappa shape index (κ1) is 16.8. The second-order valence-corrected chi connectivity index (χ2v) is 5.46. The summed E-state index contributed by atoms with van der Waals surface area (Å²) in [6.07, 6.45) is 1.17. The number of aromatic amines is 1. The lowest BCUT2D eigenvalue weighted by molar-refractivity contribution is 0.0749. The van der Waals surface area contributed by atoms with Crippen LogP contribution in [0.15, 0.2) is 33.7 Å². The van der Waals surface area contributed by atoms with Crippen molar-refractivity contribution in [1.29, 1.82) is 0 Å². The molecule has 0 unspecified atom stereocenters. The fourth-order valence-electron chi connectivity index (χ4n) is 2.67. The number of fused-ring (bicyclic) bond motifs is 1. The first-order valence-corrected chi connectivity index (χ1v) is 7.63. The fourth-order valence-corrected chi connectivity index (χ4v) is 2.67. The highest BCUT2D eigenvalue weighted by molar-refractivity contribution is 6.06. The number of aromatic nitrogens is 2. The van der Waals surface area contributed by atoms with Gasteiger partial charge in [0.05, 0.1) is 18.4 Å². The number of nitrogens with zero attached hydrogens (tertiary/aromatic N) is 2. The van der Waals surface area contributed by atoms with E-state index < -0.39 is 23.1 Å². The van der Waals surface area contributed by atoms with Gasteiger partial charge in [-0.05, 0) is 26.0 Å². The van der Waals surface area contributed by atoms with E-state index in [1.165, 1.54) is 24.2 Å². The van der Waals surface area contributed by atoms with Crippen molar-refractivity contribution in [2.45, 2.75) is 20.4 Å². The van der Waals surface area contributed by atoms with E-state index in [9.17, 15) is 18.4 Å². The number of nitrogens with one attached hydrogen (secondary N) is 1. The molecule has 25 heavy (non-hydrogen) atoms. The van der Waals surface area contributed by atoms with Crippen LogP contribution in [0.1, 0.15) is 28.6 Å². The maximum absolute atomic E-state index is 13.9. The van der Waals surface area contributed by atoms with E-state index >= 15 is 0 Å². The topological polar surface area (TPSA) is 79.2 Å². The van der Waals surface area contributed by atoms with Gasteiger partial charge in [0.25, 0.3) is 11.5 Å². The molecular formula is C17H15F2N3O3. The van der Waals surface area contributed by atoms with Crippen molar-refractivity contribution in [1.82, 2.24) is 14.9 Å². The van der Waals surface area contributed by atoms with Gasteiger partial charge < -0.3 is 14.3 Å². The van der Waals surface area contributed by atoms with Gasteiger partial charge in [0.2, 0.25) is 5.71 Å². The van der Waals surface area contributed by atoms with Crippen LogP contribution in [0.5, 0.6) is 0 Å². The summed E-state index contributed by atoms with van der Waals surface area (Å²) in [4.78, 5) is 32.5. The van der Waals surface area contributed by atoms with Crippen LogP contribution in [-0.2, 0) is 6.54 Å². The number of aryl methyl sites for hydroxylation is 1. The minimum Gasteiger partial charge on any atom is -0.442 e. The van der Waals surface area contributed by atoms with Crippen molar-refractivity contribution >= 4 is 17.0 Å². The Labute approximate surface area is 141 Å². The Morgan fingerprint density at radius 1 is 1.32 bits per heavy atom. The zero-order chi connectivity index (χ0) is 18.1. The molecule has 8 heteroatoms. The Morgan fingerprint density at radius 2 is 2.00 bits per heavy atom. The number of carbonyl (C=O) groups excluding carboxylic acids is 1. The molecule has 0 fully saturated rings. The molecule has 0 aliphatic heterocycles. The van der Waals surface area contributed by atoms with Crippen molar-refractivity contribution in [3.63, 3.8) is 0 Å². The first-order valence-electron chi connectivity index (χ1n) is 7.63. The molecule has 3 aromatic rings. The van der Waals surface area contributed by atoms with Gasteiger partial charge >= 0.3 is 0 Å². The minimum absolute atomic E-state index is 0.0254. The maximum atomic E-state index is 13.9. The van der Waals surface area contributed by atoms with Crippen LogP contribution in [-0.4, -0.2) is 27.3 Å². The van der Waals surface area contributed by atoms with Crippen LogP contribution < -0.4 is 5.56 Å². The summed E-state index contributed by atoms with van der Waals surface area (Å²) in [6, 6.07) is 3.51. The van der Waals surface area contributed by atoms with Crippen molar-refractivity contribution in [2.24, 2.45) is 0 Å². The SMILES string of the molecule is CCN(Cc1c(F)cccc1F)C(=O)c1c(C)oc2nc[nH]c(=O)c12. The Morgan fingerprint density at radius 3 is 2.64 bits per heavy atom. The van der Waals surface area contributed by atoms with Crippen LogP contribution in [0.25, 0.3) is 11.1 Å². The summed E-state index contributed by atoms with van der Waals surface area (Å²) in [5.41, 5.74) is -0.644. The van der Waals surface area contributed by atoms with E-state index in [1.807, 2.05) is 0 Å². The lowest BCUT2D eigenvalue weighted by Gasteiger charge is -2.21. The number of hydrogen-bond acceptors (Lipinski definition) is 4. The molecule has 1 aromatic carbocycles. The number of carbonyl (C=O) groups is 1. The molecule has 130 valence electrons. The van der Waals surface area contributed by atoms with Crippen molar-refractivity contribution in [3.8, 4) is 0 Å². The van der Waals surface area contributed by atoms with Gasteiger partial charge in [-0.1, -0.05) is 6.07 Å². The minimum atomic E-state index is -0.737. The lowest BCUT2D eigenvalue weighted by atomic mass is 10.1. The summed E-state index contributed by atoms with van der Waals surface area (Å²) in [6.45, 7) is 3.14. The van der Waals surface area contributed by atoms with Gasteiger partial charge in [0.15, 0.2) is 0 Å². The number of H-pyrrole nitrogens is 1.